The van der Waals surface area contributed by atoms with E-state index in [0.717, 1.165) is 12.3 Å². The van der Waals surface area contributed by atoms with E-state index >= 15 is 0 Å². The van der Waals surface area contributed by atoms with Crippen molar-refractivity contribution in [2.45, 2.75) is 39.2 Å². The van der Waals surface area contributed by atoms with Gasteiger partial charge in [0.05, 0.1) is 19.8 Å². The van der Waals surface area contributed by atoms with Gasteiger partial charge in [0, 0.05) is 13.2 Å². The van der Waals surface area contributed by atoms with Crippen molar-refractivity contribution < 1.29 is 9.47 Å². The first kappa shape index (κ1) is 13.9. The molecule has 0 aromatic heterocycles. The summed E-state index contributed by atoms with van der Waals surface area (Å²) in [5.41, 5.74) is 5.94. The van der Waals surface area contributed by atoms with Crippen LogP contribution < -0.4 is 5.73 Å². The van der Waals surface area contributed by atoms with Crippen molar-refractivity contribution in [1.29, 1.82) is 0 Å². The minimum Gasteiger partial charge on any atom is -0.382 e. The van der Waals surface area contributed by atoms with Crippen LogP contribution in [0.1, 0.15) is 33.1 Å². The van der Waals surface area contributed by atoms with E-state index < -0.39 is 0 Å². The van der Waals surface area contributed by atoms with Crippen LogP contribution in [0.4, 0.5) is 0 Å². The molecule has 0 saturated carbocycles. The number of rotatable bonds is 9. The Morgan fingerprint density at radius 2 is 1.79 bits per heavy atom. The summed E-state index contributed by atoms with van der Waals surface area (Å²) in [4.78, 5) is 0. The highest BCUT2D eigenvalue weighted by atomic mass is 16.5. The molecule has 0 saturated heterocycles. The van der Waals surface area contributed by atoms with Crippen molar-refractivity contribution in [1.82, 2.24) is 0 Å². The minimum absolute atomic E-state index is 0.178. The Labute approximate surface area is 88.0 Å². The van der Waals surface area contributed by atoms with Crippen molar-refractivity contribution >= 4 is 0 Å². The molecule has 3 heteroatoms. The fourth-order valence-corrected chi connectivity index (χ4v) is 1.50. The van der Waals surface area contributed by atoms with Gasteiger partial charge in [-0.15, -0.1) is 0 Å². The van der Waals surface area contributed by atoms with E-state index in [0.29, 0.717) is 19.8 Å². The normalized spacial score (nSPS) is 13.5. The Kier molecular flexibility index (Phi) is 9.35. The second-order valence-electron chi connectivity index (χ2n) is 3.75. The third-order valence-corrected chi connectivity index (χ3v) is 2.55. The summed E-state index contributed by atoms with van der Waals surface area (Å²) < 4.78 is 10.3. The number of hydrogen-bond donors (Lipinski definition) is 1. The number of hydrogen-bond acceptors (Lipinski definition) is 3. The van der Waals surface area contributed by atoms with Crippen LogP contribution in [-0.2, 0) is 9.47 Å². The van der Waals surface area contributed by atoms with E-state index in [4.69, 9.17) is 15.2 Å². The van der Waals surface area contributed by atoms with E-state index in [1.807, 2.05) is 0 Å². The molecule has 0 bridgehead atoms. The van der Waals surface area contributed by atoms with Crippen LogP contribution in [0.5, 0.6) is 0 Å². The molecule has 0 aromatic carbocycles. The molecular weight excluding hydrogens is 178 g/mol. The zero-order chi connectivity index (χ0) is 10.8. The molecule has 0 heterocycles. The van der Waals surface area contributed by atoms with Gasteiger partial charge in [0.1, 0.15) is 0 Å². The molecule has 0 aliphatic rings. The fraction of sp³-hybridized carbons (Fsp3) is 1.00. The van der Waals surface area contributed by atoms with E-state index in [-0.39, 0.29) is 6.04 Å². The van der Waals surface area contributed by atoms with Crippen LogP contribution in [0, 0.1) is 5.92 Å². The molecular formula is C11H25NO2. The first-order chi connectivity index (χ1) is 6.74. The molecule has 0 spiro atoms. The van der Waals surface area contributed by atoms with Crippen molar-refractivity contribution in [3.63, 3.8) is 0 Å². The number of nitrogens with two attached hydrogens (primary N) is 1. The molecule has 0 amide bonds. The Morgan fingerprint density at radius 1 is 1.14 bits per heavy atom. The third kappa shape index (κ3) is 7.30. The van der Waals surface area contributed by atoms with Crippen LogP contribution in [-0.4, -0.2) is 33.0 Å². The topological polar surface area (TPSA) is 44.5 Å². The number of methoxy groups -OCH3 is 1. The third-order valence-electron chi connectivity index (χ3n) is 2.55. The molecule has 0 aliphatic heterocycles. The highest BCUT2D eigenvalue weighted by Crippen LogP contribution is 2.13. The fourth-order valence-electron chi connectivity index (χ4n) is 1.50. The maximum absolute atomic E-state index is 5.94. The zero-order valence-electron chi connectivity index (χ0n) is 9.79. The van der Waals surface area contributed by atoms with Gasteiger partial charge >= 0.3 is 0 Å². The average Bonchev–Trinajstić information content (AvgIpc) is 2.21. The quantitative estimate of drug-likeness (QED) is 0.581. The van der Waals surface area contributed by atoms with Gasteiger partial charge in [-0.1, -0.05) is 26.7 Å². The van der Waals surface area contributed by atoms with Gasteiger partial charge in [-0.3, -0.25) is 0 Å². The summed E-state index contributed by atoms with van der Waals surface area (Å²) in [5, 5.41) is 0. The van der Waals surface area contributed by atoms with E-state index in [9.17, 15) is 0 Å². The molecule has 0 rings (SSSR count). The molecule has 86 valence electrons. The van der Waals surface area contributed by atoms with Gasteiger partial charge < -0.3 is 15.2 Å². The van der Waals surface area contributed by atoms with Crippen LogP contribution in [0.25, 0.3) is 0 Å². The lowest BCUT2D eigenvalue weighted by Crippen LogP contribution is -2.29. The van der Waals surface area contributed by atoms with Crippen LogP contribution in [0.3, 0.4) is 0 Å². The van der Waals surface area contributed by atoms with Gasteiger partial charge in [0.15, 0.2) is 0 Å². The van der Waals surface area contributed by atoms with Crippen LogP contribution in [0.15, 0.2) is 0 Å². The van der Waals surface area contributed by atoms with Crippen LogP contribution >= 0.6 is 0 Å². The monoisotopic (exact) mass is 203 g/mol. The smallest absolute Gasteiger partial charge is 0.0701 e. The first-order valence-corrected chi connectivity index (χ1v) is 5.56. The highest BCUT2D eigenvalue weighted by Gasteiger charge is 2.09. The number of ether oxygens (including phenoxy) is 2. The van der Waals surface area contributed by atoms with Crippen molar-refractivity contribution in [3.8, 4) is 0 Å². The Balaban J connectivity index is 3.38. The summed E-state index contributed by atoms with van der Waals surface area (Å²) in [6, 6.07) is 0.178. The maximum Gasteiger partial charge on any atom is 0.0701 e. The maximum atomic E-state index is 5.94. The first-order valence-electron chi connectivity index (χ1n) is 5.56. The summed E-state index contributed by atoms with van der Waals surface area (Å²) in [5.74, 6) is 0.746. The largest absolute Gasteiger partial charge is 0.382 e. The van der Waals surface area contributed by atoms with E-state index in [1.54, 1.807) is 7.11 Å². The van der Waals surface area contributed by atoms with Crippen molar-refractivity contribution in [2.75, 3.05) is 26.9 Å². The van der Waals surface area contributed by atoms with Gasteiger partial charge in [0.25, 0.3) is 0 Å². The predicted octanol–water partition coefficient (Wildman–Crippen LogP) is 1.80. The summed E-state index contributed by atoms with van der Waals surface area (Å²) in [6.07, 6.45) is 3.49. The molecule has 0 fully saturated rings. The second-order valence-corrected chi connectivity index (χ2v) is 3.75. The summed E-state index contributed by atoms with van der Waals surface area (Å²) >= 11 is 0. The molecule has 3 nitrogen and oxygen atoms in total. The lowest BCUT2D eigenvalue weighted by molar-refractivity contribution is 0.0604. The lowest BCUT2D eigenvalue weighted by atomic mass is 9.95. The highest BCUT2D eigenvalue weighted by molar-refractivity contribution is 4.66. The second kappa shape index (κ2) is 9.44. The predicted molar refractivity (Wildman–Crippen MR) is 59.4 cm³/mol. The SMILES string of the molecule is CCC(CC)CC(N)COCCOC. The molecule has 2 N–H and O–H groups in total. The Morgan fingerprint density at radius 3 is 2.29 bits per heavy atom. The van der Waals surface area contributed by atoms with E-state index in [1.165, 1.54) is 12.8 Å². The molecule has 0 aliphatic carbocycles. The Hall–Kier alpha value is -0.120. The molecule has 0 aromatic rings. The Bertz CT molecular complexity index is 116. The molecule has 1 unspecified atom stereocenters. The van der Waals surface area contributed by atoms with Gasteiger partial charge in [-0.2, -0.15) is 0 Å². The minimum atomic E-state index is 0.178. The molecule has 0 radical (unpaired) electrons. The summed E-state index contributed by atoms with van der Waals surface area (Å²) in [6.45, 7) is 6.38. The van der Waals surface area contributed by atoms with Gasteiger partial charge in [-0.05, 0) is 12.3 Å². The van der Waals surface area contributed by atoms with Crippen molar-refractivity contribution in [2.24, 2.45) is 11.7 Å². The molecule has 1 atom stereocenters. The van der Waals surface area contributed by atoms with Crippen LogP contribution in [0.2, 0.25) is 0 Å². The van der Waals surface area contributed by atoms with Crippen molar-refractivity contribution in [3.05, 3.63) is 0 Å². The lowest BCUT2D eigenvalue weighted by Gasteiger charge is -2.18. The van der Waals surface area contributed by atoms with E-state index in [2.05, 4.69) is 13.8 Å². The summed E-state index contributed by atoms with van der Waals surface area (Å²) in [7, 11) is 1.67. The standard InChI is InChI=1S/C11H25NO2/c1-4-10(5-2)8-11(12)9-14-7-6-13-3/h10-11H,4-9,12H2,1-3H3. The zero-order valence-corrected chi connectivity index (χ0v) is 9.79. The van der Waals surface area contributed by atoms with Gasteiger partial charge in [-0.25, -0.2) is 0 Å². The molecule has 14 heavy (non-hydrogen) atoms. The van der Waals surface area contributed by atoms with Gasteiger partial charge in [0.2, 0.25) is 0 Å². The average molecular weight is 203 g/mol.